The summed E-state index contributed by atoms with van der Waals surface area (Å²) in [5.41, 5.74) is 2.44. The van der Waals surface area contributed by atoms with Crippen molar-refractivity contribution in [1.82, 2.24) is 20.2 Å². The summed E-state index contributed by atoms with van der Waals surface area (Å²) in [6.45, 7) is 0. The lowest BCUT2D eigenvalue weighted by molar-refractivity contribution is -0.130. The Hall–Kier alpha value is -3.92. The highest BCUT2D eigenvalue weighted by atomic mass is 32.2. The second kappa shape index (κ2) is 9.29. The fourth-order valence-corrected chi connectivity index (χ4v) is 4.08. The second-order valence-electron chi connectivity index (χ2n) is 7.15. The van der Waals surface area contributed by atoms with Crippen molar-refractivity contribution in [2.45, 2.75) is 17.7 Å². The van der Waals surface area contributed by atoms with Gasteiger partial charge in [-0.05, 0) is 54.1 Å². The number of furan rings is 1. The van der Waals surface area contributed by atoms with Gasteiger partial charge in [0.2, 0.25) is 5.89 Å². The average Bonchev–Trinajstić information content (AvgIpc) is 3.64. The Morgan fingerprint density at radius 3 is 2.76 bits per heavy atom. The molecule has 1 unspecified atom stereocenters. The lowest BCUT2D eigenvalue weighted by atomic mass is 10.0. The zero-order valence-corrected chi connectivity index (χ0v) is 18.4. The van der Waals surface area contributed by atoms with Crippen LogP contribution in [0.3, 0.4) is 0 Å². The number of pyridine rings is 1. The van der Waals surface area contributed by atoms with Gasteiger partial charge in [0.05, 0.1) is 30.4 Å². The van der Waals surface area contributed by atoms with Gasteiger partial charge in [-0.1, -0.05) is 11.8 Å². The predicted octanol–water partition coefficient (Wildman–Crippen LogP) is 4.20. The largest absolute Gasteiger partial charge is 0.497 e. The van der Waals surface area contributed by atoms with Crippen LogP contribution in [0, 0.1) is 0 Å². The molecular formula is C23H19N5O4S. The van der Waals surface area contributed by atoms with E-state index >= 15 is 0 Å². The average molecular weight is 462 g/mol. The van der Waals surface area contributed by atoms with Crippen molar-refractivity contribution in [1.29, 1.82) is 0 Å². The highest BCUT2D eigenvalue weighted by Gasteiger charge is 2.35. The highest BCUT2D eigenvalue weighted by Crippen LogP contribution is 2.34. The Balaban J connectivity index is 1.32. The third-order valence-electron chi connectivity index (χ3n) is 5.09. The van der Waals surface area contributed by atoms with E-state index in [2.05, 4.69) is 20.3 Å². The number of nitrogens with zero attached hydrogens (tertiary/aromatic N) is 5. The molecule has 0 saturated carbocycles. The number of methoxy groups -OCH3 is 1. The molecule has 3 aromatic heterocycles. The lowest BCUT2D eigenvalue weighted by Gasteiger charge is -2.19. The van der Waals surface area contributed by atoms with Crippen LogP contribution in [0.5, 0.6) is 5.75 Å². The quantitative estimate of drug-likeness (QED) is 0.377. The Kier molecular flexibility index (Phi) is 5.90. The van der Waals surface area contributed by atoms with Gasteiger partial charge in [-0.3, -0.25) is 9.78 Å². The number of aromatic nitrogens is 3. The summed E-state index contributed by atoms with van der Waals surface area (Å²) < 4.78 is 16.5. The first-order valence-electron chi connectivity index (χ1n) is 10.2. The molecule has 1 atom stereocenters. The lowest BCUT2D eigenvalue weighted by Crippen LogP contribution is -2.28. The zero-order valence-electron chi connectivity index (χ0n) is 17.6. The van der Waals surface area contributed by atoms with E-state index in [0.29, 0.717) is 28.9 Å². The molecule has 4 aromatic rings. The van der Waals surface area contributed by atoms with Gasteiger partial charge in [0, 0.05) is 18.8 Å². The van der Waals surface area contributed by atoms with Gasteiger partial charge in [-0.25, -0.2) is 5.01 Å². The van der Waals surface area contributed by atoms with Crippen LogP contribution in [-0.4, -0.2) is 44.7 Å². The van der Waals surface area contributed by atoms with Crippen LogP contribution in [0.4, 0.5) is 0 Å². The molecule has 0 aliphatic carbocycles. The zero-order chi connectivity index (χ0) is 22.6. The van der Waals surface area contributed by atoms with Gasteiger partial charge < -0.3 is 13.6 Å². The number of hydrogen-bond acceptors (Lipinski definition) is 9. The van der Waals surface area contributed by atoms with Gasteiger partial charge in [-0.2, -0.15) is 5.10 Å². The van der Waals surface area contributed by atoms with E-state index in [0.717, 1.165) is 28.8 Å². The second-order valence-corrected chi connectivity index (χ2v) is 8.08. The number of ether oxygens (including phenoxy) is 1. The molecule has 0 fully saturated rings. The molecular weight excluding hydrogens is 442 g/mol. The van der Waals surface area contributed by atoms with E-state index in [-0.39, 0.29) is 17.7 Å². The maximum Gasteiger partial charge on any atom is 0.277 e. The monoisotopic (exact) mass is 461 g/mol. The first-order valence-corrected chi connectivity index (χ1v) is 11.1. The number of carbonyl (C=O) groups is 1. The Morgan fingerprint density at radius 1 is 1.15 bits per heavy atom. The molecule has 10 heteroatoms. The number of benzene rings is 1. The fourth-order valence-electron chi connectivity index (χ4n) is 3.46. The van der Waals surface area contributed by atoms with Crippen LogP contribution in [-0.2, 0) is 4.79 Å². The molecule has 4 heterocycles. The van der Waals surface area contributed by atoms with Crippen molar-refractivity contribution in [3.63, 3.8) is 0 Å². The summed E-state index contributed by atoms with van der Waals surface area (Å²) in [5, 5.41) is 14.5. The molecule has 0 spiro atoms. The predicted molar refractivity (Wildman–Crippen MR) is 121 cm³/mol. The number of amides is 1. The number of carbonyl (C=O) groups excluding carboxylic acids is 1. The van der Waals surface area contributed by atoms with E-state index in [1.807, 2.05) is 36.4 Å². The minimum Gasteiger partial charge on any atom is -0.497 e. The fraction of sp³-hybridized carbons (Fsp3) is 0.174. The maximum atomic E-state index is 13.1. The van der Waals surface area contributed by atoms with Gasteiger partial charge in [0.25, 0.3) is 11.1 Å². The number of hydrazone groups is 1. The molecule has 5 rings (SSSR count). The Morgan fingerprint density at radius 2 is 2.03 bits per heavy atom. The van der Waals surface area contributed by atoms with Crippen molar-refractivity contribution >= 4 is 23.4 Å². The molecule has 1 aliphatic rings. The first-order chi connectivity index (χ1) is 16.2. The summed E-state index contributed by atoms with van der Waals surface area (Å²) >= 11 is 1.16. The Labute approximate surface area is 193 Å². The van der Waals surface area contributed by atoms with Crippen molar-refractivity contribution in [3.05, 3.63) is 78.5 Å². The van der Waals surface area contributed by atoms with E-state index in [1.165, 1.54) is 5.01 Å². The molecule has 0 N–H and O–H groups in total. The molecule has 33 heavy (non-hydrogen) atoms. The third-order valence-corrected chi connectivity index (χ3v) is 5.90. The number of rotatable bonds is 7. The van der Waals surface area contributed by atoms with Gasteiger partial charge in [0.15, 0.2) is 0 Å². The van der Waals surface area contributed by atoms with E-state index in [4.69, 9.17) is 13.6 Å². The molecule has 0 bridgehead atoms. The van der Waals surface area contributed by atoms with Crippen LogP contribution in [0.15, 0.2) is 86.3 Å². The van der Waals surface area contributed by atoms with E-state index in [1.54, 1.807) is 37.9 Å². The summed E-state index contributed by atoms with van der Waals surface area (Å²) in [4.78, 5) is 17.2. The van der Waals surface area contributed by atoms with Crippen LogP contribution < -0.4 is 4.74 Å². The molecule has 1 amide bonds. The van der Waals surface area contributed by atoms with Crippen LogP contribution >= 0.6 is 11.8 Å². The highest BCUT2D eigenvalue weighted by molar-refractivity contribution is 7.99. The van der Waals surface area contributed by atoms with Crippen LogP contribution in [0.25, 0.3) is 11.5 Å². The maximum absolute atomic E-state index is 13.1. The van der Waals surface area contributed by atoms with E-state index in [9.17, 15) is 4.79 Å². The van der Waals surface area contributed by atoms with Gasteiger partial charge in [-0.15, -0.1) is 10.2 Å². The van der Waals surface area contributed by atoms with Crippen molar-refractivity contribution < 1.29 is 18.4 Å². The SMILES string of the molecule is COc1ccc(C2=NN(C(=O)CSc3nnc(-c4cccnc4)o3)C(c3ccco3)C2)cc1. The molecule has 9 nitrogen and oxygen atoms in total. The molecule has 1 aromatic carbocycles. The van der Waals surface area contributed by atoms with Gasteiger partial charge >= 0.3 is 0 Å². The van der Waals surface area contributed by atoms with Crippen molar-refractivity contribution in [3.8, 4) is 17.2 Å². The summed E-state index contributed by atoms with van der Waals surface area (Å²) in [6, 6.07) is 14.5. The van der Waals surface area contributed by atoms with Crippen molar-refractivity contribution in [2.75, 3.05) is 12.9 Å². The van der Waals surface area contributed by atoms with Crippen molar-refractivity contribution in [2.24, 2.45) is 5.10 Å². The first kappa shape index (κ1) is 21.0. The third kappa shape index (κ3) is 4.51. The normalized spacial score (nSPS) is 15.5. The minimum absolute atomic E-state index is 0.0886. The smallest absolute Gasteiger partial charge is 0.277 e. The Bertz CT molecular complexity index is 1260. The summed E-state index contributed by atoms with van der Waals surface area (Å²) in [6.07, 6.45) is 5.44. The topological polar surface area (TPSA) is 107 Å². The van der Waals surface area contributed by atoms with Crippen LogP contribution in [0.1, 0.15) is 23.8 Å². The number of thioether (sulfide) groups is 1. The summed E-state index contributed by atoms with van der Waals surface area (Å²) in [7, 11) is 1.62. The number of hydrogen-bond donors (Lipinski definition) is 0. The van der Waals surface area contributed by atoms with Gasteiger partial charge in [0.1, 0.15) is 17.6 Å². The minimum atomic E-state index is -0.321. The van der Waals surface area contributed by atoms with Crippen LogP contribution in [0.2, 0.25) is 0 Å². The molecule has 0 radical (unpaired) electrons. The summed E-state index contributed by atoms with van der Waals surface area (Å²) in [5.74, 6) is 1.69. The molecule has 0 saturated heterocycles. The molecule has 1 aliphatic heterocycles. The standard InChI is InChI=1S/C23H19N5O4S/c1-30-17-8-6-15(7-9-17)18-12-19(20-5-3-11-31-20)28(27-18)21(29)14-33-23-26-25-22(32-23)16-4-2-10-24-13-16/h2-11,13,19H,12,14H2,1H3. The van der Waals surface area contributed by atoms with E-state index < -0.39 is 0 Å². The molecule has 166 valence electrons.